The molecule has 0 saturated carbocycles. The molecule has 0 saturated heterocycles. The Balaban J connectivity index is 0.00000320. The molecule has 5 nitrogen and oxygen atoms in total. The van der Waals surface area contributed by atoms with Crippen LogP contribution in [0.15, 0.2) is 36.4 Å². The number of nitrogens with one attached hydrogen (secondary N) is 1. The van der Waals surface area contributed by atoms with Gasteiger partial charge in [-0.3, -0.25) is 0 Å². The topological polar surface area (TPSA) is 76.7 Å². The SMILES string of the molecule is CC(C)Oc1ccc2c(c1)[C@@H](NC[C@@H](O)[C@@H](N)Cc1cc(F)cc(F)c1)CCO2.Cl. The Morgan fingerprint density at radius 2 is 1.90 bits per heavy atom. The van der Waals surface area contributed by atoms with Crippen LogP contribution in [0, 0.1) is 11.6 Å². The van der Waals surface area contributed by atoms with E-state index in [1.54, 1.807) is 0 Å². The predicted molar refractivity (Wildman–Crippen MR) is 114 cm³/mol. The maximum atomic E-state index is 13.3. The van der Waals surface area contributed by atoms with Crippen LogP contribution in [0.2, 0.25) is 0 Å². The molecule has 0 aromatic heterocycles. The Bertz CT molecular complexity index is 818. The molecule has 0 amide bonds. The van der Waals surface area contributed by atoms with Crippen LogP contribution >= 0.6 is 12.4 Å². The third-order valence-corrected chi connectivity index (χ3v) is 4.85. The molecule has 0 bridgehead atoms. The van der Waals surface area contributed by atoms with Crippen molar-refractivity contribution in [1.29, 1.82) is 0 Å². The van der Waals surface area contributed by atoms with Gasteiger partial charge in [-0.05, 0) is 56.2 Å². The molecule has 4 N–H and O–H groups in total. The minimum Gasteiger partial charge on any atom is -0.493 e. The number of fused-ring (bicyclic) bond motifs is 1. The third-order valence-electron chi connectivity index (χ3n) is 4.85. The van der Waals surface area contributed by atoms with Gasteiger partial charge in [-0.2, -0.15) is 0 Å². The van der Waals surface area contributed by atoms with Crippen LogP contribution in [-0.2, 0) is 6.42 Å². The van der Waals surface area contributed by atoms with Gasteiger partial charge in [0.15, 0.2) is 0 Å². The van der Waals surface area contributed by atoms with Crippen LogP contribution in [0.25, 0.3) is 0 Å². The van der Waals surface area contributed by atoms with E-state index in [0.29, 0.717) is 12.2 Å². The fourth-order valence-corrected chi connectivity index (χ4v) is 3.48. The lowest BCUT2D eigenvalue weighted by Gasteiger charge is -2.29. The summed E-state index contributed by atoms with van der Waals surface area (Å²) in [5, 5.41) is 13.8. The van der Waals surface area contributed by atoms with Crippen LogP contribution < -0.4 is 20.5 Å². The summed E-state index contributed by atoms with van der Waals surface area (Å²) >= 11 is 0. The van der Waals surface area contributed by atoms with Gasteiger partial charge in [0, 0.05) is 36.7 Å². The minimum absolute atomic E-state index is 0. The maximum absolute atomic E-state index is 13.3. The molecule has 0 unspecified atom stereocenters. The fraction of sp³-hybridized carbons (Fsp3) is 0.455. The maximum Gasteiger partial charge on any atom is 0.126 e. The second kappa shape index (κ2) is 10.9. The molecule has 1 aliphatic heterocycles. The van der Waals surface area contributed by atoms with Gasteiger partial charge in [0.25, 0.3) is 0 Å². The third kappa shape index (κ3) is 6.54. The molecule has 3 atom stereocenters. The number of halogens is 3. The second-order valence-corrected chi connectivity index (χ2v) is 7.68. The van der Waals surface area contributed by atoms with Crippen LogP contribution in [0.5, 0.6) is 11.5 Å². The number of aliphatic hydroxyl groups is 1. The summed E-state index contributed by atoms with van der Waals surface area (Å²) in [6, 6.07) is 8.33. The summed E-state index contributed by atoms with van der Waals surface area (Å²) < 4.78 is 38.2. The van der Waals surface area contributed by atoms with Gasteiger partial charge in [0.05, 0.1) is 18.8 Å². The van der Waals surface area contributed by atoms with Crippen molar-refractivity contribution >= 4 is 12.4 Å². The van der Waals surface area contributed by atoms with Gasteiger partial charge in [0.2, 0.25) is 0 Å². The number of hydrogen-bond donors (Lipinski definition) is 3. The molecule has 1 aliphatic rings. The molecule has 30 heavy (non-hydrogen) atoms. The Morgan fingerprint density at radius 1 is 1.20 bits per heavy atom. The highest BCUT2D eigenvalue weighted by molar-refractivity contribution is 5.85. The lowest BCUT2D eigenvalue weighted by molar-refractivity contribution is 0.133. The lowest BCUT2D eigenvalue weighted by Crippen LogP contribution is -2.44. The van der Waals surface area contributed by atoms with Gasteiger partial charge in [-0.15, -0.1) is 12.4 Å². The summed E-state index contributed by atoms with van der Waals surface area (Å²) in [6.45, 7) is 4.75. The highest BCUT2D eigenvalue weighted by atomic mass is 35.5. The van der Waals surface area contributed by atoms with Crippen LogP contribution in [0.3, 0.4) is 0 Å². The highest BCUT2D eigenvalue weighted by Crippen LogP contribution is 2.35. The van der Waals surface area contributed by atoms with Crippen molar-refractivity contribution in [2.75, 3.05) is 13.2 Å². The summed E-state index contributed by atoms with van der Waals surface area (Å²) in [6.07, 6.45) is 0.114. The monoisotopic (exact) mass is 442 g/mol. The van der Waals surface area contributed by atoms with Gasteiger partial charge < -0.3 is 25.6 Å². The highest BCUT2D eigenvalue weighted by Gasteiger charge is 2.24. The zero-order chi connectivity index (χ0) is 21.0. The van der Waals surface area contributed by atoms with Crippen molar-refractivity contribution < 1.29 is 23.4 Å². The number of hydrogen-bond acceptors (Lipinski definition) is 5. The van der Waals surface area contributed by atoms with E-state index in [-0.39, 0.29) is 37.5 Å². The Hall–Kier alpha value is -1.93. The largest absolute Gasteiger partial charge is 0.493 e. The first-order chi connectivity index (χ1) is 13.8. The first-order valence-corrected chi connectivity index (χ1v) is 9.87. The van der Waals surface area contributed by atoms with E-state index >= 15 is 0 Å². The number of rotatable bonds is 8. The zero-order valence-corrected chi connectivity index (χ0v) is 17.9. The molecule has 2 aromatic rings. The van der Waals surface area contributed by atoms with Gasteiger partial charge in [0.1, 0.15) is 23.1 Å². The first-order valence-electron chi connectivity index (χ1n) is 9.87. The van der Waals surface area contributed by atoms with Gasteiger partial charge >= 0.3 is 0 Å². The number of nitrogens with two attached hydrogens (primary N) is 1. The number of benzene rings is 2. The Kier molecular flexibility index (Phi) is 8.85. The lowest BCUT2D eigenvalue weighted by atomic mass is 9.98. The molecule has 0 spiro atoms. The van der Waals surface area contributed by atoms with E-state index in [2.05, 4.69) is 5.32 Å². The fourth-order valence-electron chi connectivity index (χ4n) is 3.48. The average molecular weight is 443 g/mol. The van der Waals surface area contributed by atoms with Crippen molar-refractivity contribution in [1.82, 2.24) is 5.32 Å². The summed E-state index contributed by atoms with van der Waals surface area (Å²) in [5.74, 6) is 0.247. The van der Waals surface area contributed by atoms with E-state index in [1.165, 1.54) is 12.1 Å². The van der Waals surface area contributed by atoms with Crippen LogP contribution in [0.4, 0.5) is 8.78 Å². The first kappa shape index (κ1) is 24.3. The summed E-state index contributed by atoms with van der Waals surface area (Å²) in [7, 11) is 0. The number of aliphatic hydroxyl groups excluding tert-OH is 1. The molecule has 1 heterocycles. The van der Waals surface area contributed by atoms with E-state index in [1.807, 2.05) is 32.0 Å². The molecule has 8 heteroatoms. The number of ether oxygens (including phenoxy) is 2. The minimum atomic E-state index is -0.872. The van der Waals surface area contributed by atoms with Gasteiger partial charge in [-0.1, -0.05) is 0 Å². The van der Waals surface area contributed by atoms with Crippen LogP contribution in [-0.4, -0.2) is 36.5 Å². The molecular formula is C22H29ClF2N2O3. The quantitative estimate of drug-likeness (QED) is 0.583. The zero-order valence-electron chi connectivity index (χ0n) is 17.1. The predicted octanol–water partition coefficient (Wildman–Crippen LogP) is 3.52. The smallest absolute Gasteiger partial charge is 0.126 e. The van der Waals surface area contributed by atoms with Crippen molar-refractivity contribution in [3.63, 3.8) is 0 Å². The van der Waals surface area contributed by atoms with E-state index in [4.69, 9.17) is 15.2 Å². The van der Waals surface area contributed by atoms with Crippen molar-refractivity contribution in [3.05, 3.63) is 59.2 Å². The summed E-state index contributed by atoms with van der Waals surface area (Å²) in [4.78, 5) is 0. The Morgan fingerprint density at radius 3 is 2.57 bits per heavy atom. The van der Waals surface area contributed by atoms with Gasteiger partial charge in [-0.25, -0.2) is 8.78 Å². The average Bonchev–Trinajstić information content (AvgIpc) is 2.64. The Labute approximate surface area is 182 Å². The van der Waals surface area contributed by atoms with E-state index in [0.717, 1.165) is 29.5 Å². The molecular weight excluding hydrogens is 414 g/mol. The normalized spacial score (nSPS) is 17.5. The van der Waals surface area contributed by atoms with Crippen molar-refractivity contribution in [2.24, 2.45) is 5.73 Å². The van der Waals surface area contributed by atoms with E-state index < -0.39 is 23.8 Å². The standard InChI is InChI=1S/C22H28F2N2O3.ClH/c1-13(2)29-17-3-4-22-18(11-17)20(5-6-28-22)26-12-21(27)19(25)9-14-7-15(23)10-16(24)8-14;/h3-4,7-8,10-11,13,19-21,26-27H,5-6,9,12,25H2,1-2H3;1H/t19-,20-,21+;/m0./s1. The molecule has 3 rings (SSSR count). The van der Waals surface area contributed by atoms with Crippen LogP contribution in [0.1, 0.15) is 37.4 Å². The summed E-state index contributed by atoms with van der Waals surface area (Å²) in [5.41, 5.74) is 7.45. The second-order valence-electron chi connectivity index (χ2n) is 7.68. The molecule has 0 aliphatic carbocycles. The van der Waals surface area contributed by atoms with Crippen molar-refractivity contribution in [3.8, 4) is 11.5 Å². The molecule has 0 radical (unpaired) electrons. The molecule has 166 valence electrons. The van der Waals surface area contributed by atoms with E-state index in [9.17, 15) is 13.9 Å². The molecule has 2 aromatic carbocycles. The molecule has 0 fully saturated rings. The van der Waals surface area contributed by atoms with Crippen molar-refractivity contribution in [2.45, 2.75) is 51.0 Å².